The molecule has 0 fully saturated rings. The van der Waals surface area contributed by atoms with Crippen molar-refractivity contribution in [2.45, 2.75) is 0 Å². The van der Waals surface area contributed by atoms with E-state index in [0.29, 0.717) is 17.0 Å². The number of aromatic amines is 1. The number of rotatable bonds is 2. The average Bonchev–Trinajstić information content (AvgIpc) is 2.29. The molecule has 0 aliphatic heterocycles. The van der Waals surface area contributed by atoms with Crippen LogP contribution in [0.25, 0.3) is 11.3 Å². The molecule has 0 bridgehead atoms. The lowest BCUT2D eigenvalue weighted by Gasteiger charge is -2.05. The van der Waals surface area contributed by atoms with Crippen LogP contribution in [-0.4, -0.2) is 22.3 Å². The highest BCUT2D eigenvalue weighted by molar-refractivity contribution is 5.64. The predicted molar refractivity (Wildman–Crippen MR) is 54.6 cm³/mol. The third-order valence-electron chi connectivity index (χ3n) is 1.93. The number of pyridine rings is 1. The summed E-state index contributed by atoms with van der Waals surface area (Å²) < 4.78 is 5.14. The van der Waals surface area contributed by atoms with Gasteiger partial charge < -0.3 is 4.74 Å². The van der Waals surface area contributed by atoms with E-state index < -0.39 is 0 Å². The molecule has 0 radical (unpaired) electrons. The first-order chi connectivity index (χ1) is 7.31. The third-order valence-corrected chi connectivity index (χ3v) is 1.93. The maximum absolute atomic E-state index is 11.1. The molecule has 0 aliphatic rings. The smallest absolute Gasteiger partial charge is 0.264 e. The molecule has 0 aliphatic carbocycles. The molecular formula is C10H9N3O2. The molecule has 1 N–H and O–H groups in total. The summed E-state index contributed by atoms with van der Waals surface area (Å²) >= 11 is 0. The molecule has 15 heavy (non-hydrogen) atoms. The second-order valence-corrected chi connectivity index (χ2v) is 2.89. The van der Waals surface area contributed by atoms with Crippen molar-refractivity contribution < 1.29 is 4.74 Å². The zero-order chi connectivity index (χ0) is 10.7. The summed E-state index contributed by atoms with van der Waals surface area (Å²) in [5.74, 6) is 0.616. The molecule has 0 atom stereocenters. The number of nitrogens with one attached hydrogen (secondary N) is 1. The Bertz CT molecular complexity index is 522. The quantitative estimate of drug-likeness (QED) is 0.785. The van der Waals surface area contributed by atoms with Gasteiger partial charge in [0.15, 0.2) is 0 Å². The van der Waals surface area contributed by atoms with Gasteiger partial charge in [0.05, 0.1) is 13.3 Å². The van der Waals surface area contributed by atoms with E-state index >= 15 is 0 Å². The first-order valence-corrected chi connectivity index (χ1v) is 4.35. The lowest BCUT2D eigenvalue weighted by molar-refractivity contribution is 0.415. The first kappa shape index (κ1) is 9.39. The van der Waals surface area contributed by atoms with Gasteiger partial charge in [-0.3, -0.25) is 9.78 Å². The standard InChI is InChI=1S/C10H9N3O2/c1-15-8-3-2-4-11-10(8)7-5-9(14)13-12-6-7/h2-6H,1H3,(H,13,14). The van der Waals surface area contributed by atoms with Crippen LogP contribution in [0.5, 0.6) is 5.75 Å². The number of nitrogens with zero attached hydrogens (tertiary/aromatic N) is 2. The SMILES string of the molecule is COc1cccnc1-c1cn[nH]c(=O)c1. The molecule has 5 heteroatoms. The van der Waals surface area contributed by atoms with Gasteiger partial charge in [0.1, 0.15) is 11.4 Å². The minimum atomic E-state index is -0.264. The van der Waals surface area contributed by atoms with E-state index in [0.717, 1.165) is 0 Å². The van der Waals surface area contributed by atoms with Gasteiger partial charge in [0.2, 0.25) is 0 Å². The molecule has 0 saturated heterocycles. The Morgan fingerprint density at radius 2 is 2.33 bits per heavy atom. The van der Waals surface area contributed by atoms with E-state index in [-0.39, 0.29) is 5.56 Å². The summed E-state index contributed by atoms with van der Waals surface area (Å²) in [5, 5.41) is 6.01. The van der Waals surface area contributed by atoms with E-state index in [1.165, 1.54) is 12.3 Å². The second-order valence-electron chi connectivity index (χ2n) is 2.89. The molecule has 0 amide bonds. The summed E-state index contributed by atoms with van der Waals surface area (Å²) in [6.07, 6.45) is 3.17. The van der Waals surface area contributed by atoms with Crippen LogP contribution in [0, 0.1) is 0 Å². The molecule has 5 nitrogen and oxygen atoms in total. The number of H-pyrrole nitrogens is 1. The fraction of sp³-hybridized carbons (Fsp3) is 0.100. The molecule has 2 aromatic heterocycles. The zero-order valence-electron chi connectivity index (χ0n) is 8.10. The molecule has 2 aromatic rings. The lowest BCUT2D eigenvalue weighted by atomic mass is 10.2. The molecule has 2 rings (SSSR count). The van der Waals surface area contributed by atoms with Gasteiger partial charge in [-0.15, -0.1) is 0 Å². The van der Waals surface area contributed by atoms with Gasteiger partial charge in [0.25, 0.3) is 5.56 Å². The van der Waals surface area contributed by atoms with E-state index in [1.807, 2.05) is 0 Å². The number of methoxy groups -OCH3 is 1. The van der Waals surface area contributed by atoms with Crippen LogP contribution < -0.4 is 10.3 Å². The van der Waals surface area contributed by atoms with Crippen molar-refractivity contribution in [3.8, 4) is 17.0 Å². The van der Waals surface area contributed by atoms with Crippen LogP contribution in [0.3, 0.4) is 0 Å². The molecular weight excluding hydrogens is 194 g/mol. The molecule has 0 spiro atoms. The van der Waals surface area contributed by atoms with Crippen molar-refractivity contribution in [3.63, 3.8) is 0 Å². The number of hydrogen-bond donors (Lipinski definition) is 1. The van der Waals surface area contributed by atoms with Crippen molar-refractivity contribution in [2.75, 3.05) is 7.11 Å². The van der Waals surface area contributed by atoms with E-state index in [2.05, 4.69) is 15.2 Å². The Hall–Kier alpha value is -2.17. The van der Waals surface area contributed by atoms with Gasteiger partial charge in [-0.25, -0.2) is 5.10 Å². The summed E-state index contributed by atoms with van der Waals surface area (Å²) in [7, 11) is 1.56. The van der Waals surface area contributed by atoms with Crippen LogP contribution >= 0.6 is 0 Å². The summed E-state index contributed by atoms with van der Waals surface area (Å²) in [6.45, 7) is 0. The normalized spacial score (nSPS) is 9.93. The van der Waals surface area contributed by atoms with Gasteiger partial charge in [-0.2, -0.15) is 5.10 Å². The Morgan fingerprint density at radius 1 is 1.47 bits per heavy atom. The van der Waals surface area contributed by atoms with Gasteiger partial charge >= 0.3 is 0 Å². The highest BCUT2D eigenvalue weighted by Gasteiger charge is 2.06. The van der Waals surface area contributed by atoms with Gasteiger partial charge in [-0.05, 0) is 12.1 Å². The molecule has 0 aromatic carbocycles. The molecule has 0 unspecified atom stereocenters. The van der Waals surface area contributed by atoms with Crippen molar-refractivity contribution in [2.24, 2.45) is 0 Å². The second kappa shape index (κ2) is 3.91. The van der Waals surface area contributed by atoms with Gasteiger partial charge in [-0.1, -0.05) is 0 Å². The van der Waals surface area contributed by atoms with Crippen LogP contribution in [-0.2, 0) is 0 Å². The van der Waals surface area contributed by atoms with E-state index in [1.54, 1.807) is 25.4 Å². The van der Waals surface area contributed by atoms with Crippen molar-refractivity contribution in [1.82, 2.24) is 15.2 Å². The van der Waals surface area contributed by atoms with Crippen LogP contribution in [0.15, 0.2) is 35.4 Å². The predicted octanol–water partition coefficient (Wildman–Crippen LogP) is 0.840. The highest BCUT2D eigenvalue weighted by Crippen LogP contribution is 2.24. The Labute approximate surface area is 85.8 Å². The third kappa shape index (κ3) is 1.85. The van der Waals surface area contributed by atoms with Crippen molar-refractivity contribution >= 4 is 0 Å². The van der Waals surface area contributed by atoms with Crippen LogP contribution in [0.2, 0.25) is 0 Å². The number of hydrogen-bond acceptors (Lipinski definition) is 4. The number of aromatic nitrogens is 3. The summed E-state index contributed by atoms with van der Waals surface area (Å²) in [6, 6.07) is 4.98. The topological polar surface area (TPSA) is 67.9 Å². The minimum absolute atomic E-state index is 0.264. The molecule has 76 valence electrons. The Morgan fingerprint density at radius 3 is 3.07 bits per heavy atom. The van der Waals surface area contributed by atoms with Crippen LogP contribution in [0.1, 0.15) is 0 Å². The highest BCUT2D eigenvalue weighted by atomic mass is 16.5. The van der Waals surface area contributed by atoms with Crippen LogP contribution in [0.4, 0.5) is 0 Å². The lowest BCUT2D eigenvalue weighted by Crippen LogP contribution is -2.06. The van der Waals surface area contributed by atoms with E-state index in [4.69, 9.17) is 4.74 Å². The average molecular weight is 203 g/mol. The maximum Gasteiger partial charge on any atom is 0.264 e. The monoisotopic (exact) mass is 203 g/mol. The summed E-state index contributed by atoms with van der Waals surface area (Å²) in [4.78, 5) is 15.2. The molecule has 2 heterocycles. The van der Waals surface area contributed by atoms with Gasteiger partial charge in [0, 0.05) is 17.8 Å². The largest absolute Gasteiger partial charge is 0.494 e. The van der Waals surface area contributed by atoms with Crippen molar-refractivity contribution in [3.05, 3.63) is 40.9 Å². The first-order valence-electron chi connectivity index (χ1n) is 4.35. The Balaban J connectivity index is 2.58. The Kier molecular flexibility index (Phi) is 2.45. The zero-order valence-corrected chi connectivity index (χ0v) is 8.10. The summed E-state index contributed by atoms with van der Waals surface area (Å²) in [5.41, 5.74) is 0.981. The van der Waals surface area contributed by atoms with Crippen molar-refractivity contribution in [1.29, 1.82) is 0 Å². The van der Waals surface area contributed by atoms with E-state index in [9.17, 15) is 4.79 Å². The number of ether oxygens (including phenoxy) is 1. The maximum atomic E-state index is 11.1. The fourth-order valence-electron chi connectivity index (χ4n) is 1.28. The fourth-order valence-corrected chi connectivity index (χ4v) is 1.28. The molecule has 0 saturated carbocycles. The minimum Gasteiger partial charge on any atom is -0.494 e.